The Bertz CT molecular complexity index is 816. The first kappa shape index (κ1) is 20.1. The third-order valence-corrected chi connectivity index (χ3v) is 5.38. The molecule has 1 fully saturated rings. The summed E-state index contributed by atoms with van der Waals surface area (Å²) in [6, 6.07) is 8.94. The first-order valence-electron chi connectivity index (χ1n) is 9.74. The highest BCUT2D eigenvalue weighted by Crippen LogP contribution is 2.29. The van der Waals surface area contributed by atoms with Crippen LogP contribution in [0, 0.1) is 17.2 Å². The second-order valence-corrected chi connectivity index (χ2v) is 7.36. The summed E-state index contributed by atoms with van der Waals surface area (Å²) in [5, 5.41) is 22.2. The molecule has 3 rings (SSSR count). The van der Waals surface area contributed by atoms with E-state index in [-0.39, 0.29) is 11.8 Å². The summed E-state index contributed by atoms with van der Waals surface area (Å²) in [6.07, 6.45) is 6.20. The van der Waals surface area contributed by atoms with E-state index in [4.69, 9.17) is 5.26 Å². The van der Waals surface area contributed by atoms with Gasteiger partial charge in [0.25, 0.3) is 0 Å². The van der Waals surface area contributed by atoms with Gasteiger partial charge in [0.05, 0.1) is 11.6 Å². The van der Waals surface area contributed by atoms with E-state index < -0.39 is 6.10 Å². The van der Waals surface area contributed by atoms with Gasteiger partial charge in [-0.2, -0.15) is 5.26 Å². The minimum absolute atomic E-state index is 0.00945. The Balaban J connectivity index is 1.35. The van der Waals surface area contributed by atoms with Crippen LogP contribution in [0.1, 0.15) is 43.2 Å². The molecule has 1 saturated heterocycles. The number of aromatic nitrogens is 2. The average Bonchev–Trinajstić information content (AvgIpc) is 3.14. The monoisotopic (exact) mass is 381 g/mol. The van der Waals surface area contributed by atoms with Crippen molar-refractivity contribution in [1.29, 1.82) is 5.26 Å². The molecule has 0 radical (unpaired) electrons. The van der Waals surface area contributed by atoms with Crippen LogP contribution in [0.5, 0.6) is 0 Å². The third-order valence-electron chi connectivity index (χ3n) is 5.38. The molecule has 2 N–H and O–H groups in total. The molecule has 28 heavy (non-hydrogen) atoms. The fourth-order valence-corrected chi connectivity index (χ4v) is 3.68. The number of amides is 1. The number of carbonyl (C=O) groups excluding carboxylic acids is 1. The second kappa shape index (κ2) is 9.49. The fourth-order valence-electron chi connectivity index (χ4n) is 3.68. The maximum absolute atomic E-state index is 12.1. The van der Waals surface area contributed by atoms with Crippen molar-refractivity contribution in [2.75, 3.05) is 25.0 Å². The highest BCUT2D eigenvalue weighted by atomic mass is 16.3. The van der Waals surface area contributed by atoms with Crippen LogP contribution < -0.4 is 5.32 Å². The number of piperidine rings is 1. The van der Waals surface area contributed by atoms with Gasteiger partial charge >= 0.3 is 0 Å². The van der Waals surface area contributed by atoms with E-state index >= 15 is 0 Å². The molecule has 0 aliphatic carbocycles. The van der Waals surface area contributed by atoms with Crippen molar-refractivity contribution < 1.29 is 9.90 Å². The van der Waals surface area contributed by atoms with Crippen LogP contribution in [0.3, 0.4) is 0 Å². The number of likely N-dealkylation sites (tertiary alicyclic amines) is 1. The minimum atomic E-state index is -0.514. The van der Waals surface area contributed by atoms with Gasteiger partial charge in [0.15, 0.2) is 0 Å². The molecule has 1 atom stereocenters. The van der Waals surface area contributed by atoms with E-state index in [1.165, 1.54) is 0 Å². The number of nitriles is 1. The topological polar surface area (TPSA) is 94.2 Å². The molecule has 7 nitrogen and oxygen atoms in total. The molecule has 1 aromatic heterocycles. The zero-order valence-electron chi connectivity index (χ0n) is 16.2. The van der Waals surface area contributed by atoms with E-state index in [1.54, 1.807) is 30.5 Å². The second-order valence-electron chi connectivity index (χ2n) is 7.36. The van der Waals surface area contributed by atoms with Gasteiger partial charge in [-0.3, -0.25) is 4.79 Å². The summed E-state index contributed by atoms with van der Waals surface area (Å²) in [5.74, 6) is 0.958. The van der Waals surface area contributed by atoms with Gasteiger partial charge in [0.2, 0.25) is 5.91 Å². The highest BCUT2D eigenvalue weighted by Gasteiger charge is 2.28. The number of aryl methyl sites for hydroxylation is 1. The van der Waals surface area contributed by atoms with Crippen LogP contribution in [-0.2, 0) is 11.8 Å². The SMILES string of the molecule is Cn1ccnc1C(O)C1CCN(CCCC(=O)Nc2ccc(C#N)cc2)CC1. The predicted octanol–water partition coefficient (Wildman–Crippen LogP) is 2.46. The normalized spacial score (nSPS) is 16.5. The Labute approximate surface area is 165 Å². The number of anilines is 1. The van der Waals surface area contributed by atoms with Gasteiger partial charge in [0.1, 0.15) is 11.9 Å². The molecule has 1 amide bonds. The number of benzene rings is 1. The summed E-state index contributed by atoms with van der Waals surface area (Å²) in [5.41, 5.74) is 1.29. The molecular weight excluding hydrogens is 354 g/mol. The summed E-state index contributed by atoms with van der Waals surface area (Å²) >= 11 is 0. The Morgan fingerprint density at radius 3 is 2.68 bits per heavy atom. The number of rotatable bonds is 7. The van der Waals surface area contributed by atoms with Crippen LogP contribution in [0.2, 0.25) is 0 Å². The van der Waals surface area contributed by atoms with Crippen molar-refractivity contribution >= 4 is 11.6 Å². The van der Waals surface area contributed by atoms with Crippen molar-refractivity contribution in [2.24, 2.45) is 13.0 Å². The molecule has 1 aromatic carbocycles. The van der Waals surface area contributed by atoms with Gasteiger partial charge in [-0.15, -0.1) is 0 Å². The van der Waals surface area contributed by atoms with Crippen molar-refractivity contribution in [1.82, 2.24) is 14.5 Å². The number of aliphatic hydroxyl groups excluding tert-OH is 1. The van der Waals surface area contributed by atoms with Crippen LogP contribution in [0.25, 0.3) is 0 Å². The summed E-state index contributed by atoms with van der Waals surface area (Å²) in [4.78, 5) is 18.7. The lowest BCUT2D eigenvalue weighted by Crippen LogP contribution is -2.36. The lowest BCUT2D eigenvalue weighted by atomic mass is 9.90. The van der Waals surface area contributed by atoms with Gasteiger partial charge in [-0.05, 0) is 69.1 Å². The fraction of sp³-hybridized carbons (Fsp3) is 0.476. The number of imidazole rings is 1. The maximum Gasteiger partial charge on any atom is 0.224 e. The number of hydrogen-bond donors (Lipinski definition) is 2. The molecule has 2 aromatic rings. The number of carbonyl (C=O) groups is 1. The molecule has 148 valence electrons. The Kier molecular flexibility index (Phi) is 6.80. The molecule has 0 saturated carbocycles. The predicted molar refractivity (Wildman–Crippen MR) is 106 cm³/mol. The average molecular weight is 381 g/mol. The van der Waals surface area contributed by atoms with E-state index in [2.05, 4.69) is 21.3 Å². The Hall–Kier alpha value is -2.69. The van der Waals surface area contributed by atoms with Gasteiger partial charge in [-0.1, -0.05) is 0 Å². The van der Waals surface area contributed by atoms with Crippen LogP contribution in [0.4, 0.5) is 5.69 Å². The number of hydrogen-bond acceptors (Lipinski definition) is 5. The number of nitrogens with zero attached hydrogens (tertiary/aromatic N) is 4. The summed E-state index contributed by atoms with van der Waals surface area (Å²) in [6.45, 7) is 2.75. The lowest BCUT2D eigenvalue weighted by molar-refractivity contribution is -0.116. The van der Waals surface area contributed by atoms with Crippen molar-refractivity contribution in [3.63, 3.8) is 0 Å². The molecule has 0 spiro atoms. The first-order chi connectivity index (χ1) is 13.6. The Morgan fingerprint density at radius 1 is 1.36 bits per heavy atom. The van der Waals surface area contributed by atoms with Gasteiger partial charge in [-0.25, -0.2) is 4.98 Å². The molecule has 1 aliphatic heterocycles. The smallest absolute Gasteiger partial charge is 0.224 e. The molecule has 2 heterocycles. The quantitative estimate of drug-likeness (QED) is 0.768. The number of nitrogens with one attached hydrogen (secondary N) is 1. The number of aliphatic hydroxyl groups is 1. The lowest BCUT2D eigenvalue weighted by Gasteiger charge is -2.33. The largest absolute Gasteiger partial charge is 0.385 e. The zero-order chi connectivity index (χ0) is 19.9. The van der Waals surface area contributed by atoms with Crippen LogP contribution >= 0.6 is 0 Å². The standard InChI is InChI=1S/C21H27N5O2/c1-25-14-10-23-21(25)20(28)17-8-12-26(13-9-17)11-2-3-19(27)24-18-6-4-16(15-22)5-7-18/h4-7,10,14,17,20,28H,2-3,8-9,11-13H2,1H3,(H,24,27). The van der Waals surface area contributed by atoms with Crippen LogP contribution in [0.15, 0.2) is 36.7 Å². The molecular formula is C21H27N5O2. The first-order valence-corrected chi connectivity index (χ1v) is 9.74. The Morgan fingerprint density at radius 2 is 2.07 bits per heavy atom. The third kappa shape index (κ3) is 5.18. The molecule has 1 unspecified atom stereocenters. The van der Waals surface area contributed by atoms with Gasteiger partial charge in [0, 0.05) is 31.5 Å². The van der Waals surface area contributed by atoms with E-state index in [1.807, 2.05) is 17.8 Å². The maximum atomic E-state index is 12.1. The van der Waals surface area contributed by atoms with Crippen molar-refractivity contribution in [3.05, 3.63) is 48.0 Å². The molecule has 7 heteroatoms. The highest BCUT2D eigenvalue weighted by molar-refractivity contribution is 5.90. The van der Waals surface area contributed by atoms with Gasteiger partial charge < -0.3 is 19.9 Å². The summed E-state index contributed by atoms with van der Waals surface area (Å²) in [7, 11) is 1.91. The van der Waals surface area contributed by atoms with E-state index in [0.717, 1.165) is 44.7 Å². The zero-order valence-corrected chi connectivity index (χ0v) is 16.2. The molecule has 0 bridgehead atoms. The minimum Gasteiger partial charge on any atom is -0.385 e. The van der Waals surface area contributed by atoms with E-state index in [0.29, 0.717) is 17.7 Å². The van der Waals surface area contributed by atoms with Crippen molar-refractivity contribution in [3.8, 4) is 6.07 Å². The molecule has 1 aliphatic rings. The van der Waals surface area contributed by atoms with Crippen LogP contribution in [-0.4, -0.2) is 45.1 Å². The van der Waals surface area contributed by atoms with Crippen molar-refractivity contribution in [2.45, 2.75) is 31.8 Å². The summed E-state index contributed by atoms with van der Waals surface area (Å²) < 4.78 is 1.88. The van der Waals surface area contributed by atoms with E-state index in [9.17, 15) is 9.90 Å².